The molecule has 0 saturated carbocycles. The van der Waals surface area contributed by atoms with Crippen molar-refractivity contribution in [1.82, 2.24) is 0 Å². The van der Waals surface area contributed by atoms with Gasteiger partial charge < -0.3 is 14.8 Å². The quantitative estimate of drug-likeness (QED) is 0.475. The van der Waals surface area contributed by atoms with Gasteiger partial charge in [0, 0.05) is 0 Å². The maximum absolute atomic E-state index is 12.9. The van der Waals surface area contributed by atoms with Crippen LogP contribution in [0, 0.1) is 0 Å². The summed E-state index contributed by atoms with van der Waals surface area (Å²) in [5.41, 5.74) is 4.74. The second-order valence-corrected chi connectivity index (χ2v) is 8.10. The average molecular weight is 450 g/mol. The lowest BCUT2D eigenvalue weighted by Crippen LogP contribution is -2.26. The molecule has 5 nitrogen and oxygen atoms in total. The van der Waals surface area contributed by atoms with Crippen LogP contribution in [0.4, 0.5) is 5.69 Å². The highest BCUT2D eigenvalue weighted by molar-refractivity contribution is 6.33. The fraction of sp³-hybridized carbons (Fsp3) is 0.231. The van der Waals surface area contributed by atoms with Crippen LogP contribution in [-0.4, -0.2) is 18.5 Å². The number of esters is 2. The van der Waals surface area contributed by atoms with Crippen LogP contribution in [0.25, 0.3) is 0 Å². The standard InChI is InChI=1S/C26H24ClNO4/c27-22-14-20-12-7-13-21(20)15-23(22)28-25(19-10-5-2-6-11-19)26(30)32-17-24(29)31-16-18-8-3-1-4-9-18/h1-6,8-11,14-15,25,28H,7,12-13,16-17H2. The van der Waals surface area contributed by atoms with Crippen LogP contribution in [0.3, 0.4) is 0 Å². The first-order valence-electron chi connectivity index (χ1n) is 10.6. The summed E-state index contributed by atoms with van der Waals surface area (Å²) >= 11 is 6.48. The van der Waals surface area contributed by atoms with Crippen molar-refractivity contribution in [2.24, 2.45) is 0 Å². The lowest BCUT2D eigenvalue weighted by molar-refractivity contribution is -0.160. The van der Waals surface area contributed by atoms with E-state index in [1.807, 2.05) is 72.8 Å². The average Bonchev–Trinajstić information content (AvgIpc) is 3.28. The molecule has 0 fully saturated rings. The van der Waals surface area contributed by atoms with Crippen molar-refractivity contribution in [3.05, 3.63) is 100 Å². The fourth-order valence-electron chi connectivity index (χ4n) is 3.78. The van der Waals surface area contributed by atoms with Crippen molar-refractivity contribution in [2.75, 3.05) is 11.9 Å². The summed E-state index contributed by atoms with van der Waals surface area (Å²) in [7, 11) is 0. The Bertz CT molecular complexity index is 1090. The molecule has 4 rings (SSSR count). The third kappa shape index (κ3) is 5.48. The van der Waals surface area contributed by atoms with E-state index in [9.17, 15) is 9.59 Å². The summed E-state index contributed by atoms with van der Waals surface area (Å²) in [6.45, 7) is -0.336. The van der Waals surface area contributed by atoms with E-state index in [0.717, 1.165) is 24.8 Å². The Morgan fingerprint density at radius 2 is 1.56 bits per heavy atom. The van der Waals surface area contributed by atoms with Gasteiger partial charge in [-0.05, 0) is 53.6 Å². The first-order chi connectivity index (χ1) is 15.6. The van der Waals surface area contributed by atoms with Gasteiger partial charge in [0.05, 0.1) is 10.7 Å². The number of hydrogen-bond donors (Lipinski definition) is 1. The normalized spacial score (nSPS) is 13.2. The first-order valence-corrected chi connectivity index (χ1v) is 11.0. The largest absolute Gasteiger partial charge is 0.458 e. The Morgan fingerprint density at radius 1 is 0.906 bits per heavy atom. The van der Waals surface area contributed by atoms with Crippen LogP contribution in [-0.2, 0) is 38.5 Å². The van der Waals surface area contributed by atoms with Gasteiger partial charge in [-0.25, -0.2) is 9.59 Å². The van der Waals surface area contributed by atoms with Crippen molar-refractivity contribution >= 4 is 29.2 Å². The van der Waals surface area contributed by atoms with Crippen LogP contribution in [0.5, 0.6) is 0 Å². The van der Waals surface area contributed by atoms with Gasteiger partial charge in [0.25, 0.3) is 0 Å². The number of benzene rings is 3. The van der Waals surface area contributed by atoms with Gasteiger partial charge in [-0.15, -0.1) is 0 Å². The van der Waals surface area contributed by atoms with Gasteiger partial charge in [0.2, 0.25) is 0 Å². The van der Waals surface area contributed by atoms with Gasteiger partial charge in [-0.2, -0.15) is 0 Å². The molecular weight excluding hydrogens is 426 g/mol. The fourth-order valence-corrected chi connectivity index (χ4v) is 4.02. The first kappa shape index (κ1) is 21.9. The number of nitrogens with one attached hydrogen (secondary N) is 1. The topological polar surface area (TPSA) is 64.6 Å². The maximum atomic E-state index is 12.9. The van der Waals surface area contributed by atoms with Crippen LogP contribution in [0.2, 0.25) is 5.02 Å². The number of carbonyl (C=O) groups excluding carboxylic acids is 2. The van der Waals surface area contributed by atoms with E-state index in [-0.39, 0.29) is 6.61 Å². The predicted molar refractivity (Wildman–Crippen MR) is 123 cm³/mol. The summed E-state index contributed by atoms with van der Waals surface area (Å²) in [5, 5.41) is 3.77. The van der Waals surface area contributed by atoms with Gasteiger partial charge >= 0.3 is 11.9 Å². The molecule has 164 valence electrons. The number of anilines is 1. The Hall–Kier alpha value is -3.31. The molecule has 1 atom stereocenters. The molecule has 1 aliphatic rings. The molecule has 0 amide bonds. The highest BCUT2D eigenvalue weighted by Gasteiger charge is 2.25. The summed E-state index contributed by atoms with van der Waals surface area (Å²) in [6, 6.07) is 21.7. The summed E-state index contributed by atoms with van der Waals surface area (Å²) in [6.07, 6.45) is 3.11. The van der Waals surface area contributed by atoms with Crippen LogP contribution in [0.15, 0.2) is 72.8 Å². The molecule has 32 heavy (non-hydrogen) atoms. The number of fused-ring (bicyclic) bond motifs is 1. The monoisotopic (exact) mass is 449 g/mol. The molecule has 0 bridgehead atoms. The molecule has 0 spiro atoms. The Labute approximate surface area is 192 Å². The van der Waals surface area contributed by atoms with E-state index in [1.54, 1.807) is 0 Å². The van der Waals surface area contributed by atoms with E-state index < -0.39 is 24.6 Å². The van der Waals surface area contributed by atoms with Crippen LogP contribution in [0.1, 0.15) is 34.7 Å². The second-order valence-electron chi connectivity index (χ2n) is 7.70. The third-order valence-corrected chi connectivity index (χ3v) is 5.74. The number of halogens is 1. The Balaban J connectivity index is 1.43. The van der Waals surface area contributed by atoms with Crippen molar-refractivity contribution in [1.29, 1.82) is 0 Å². The maximum Gasteiger partial charge on any atom is 0.344 e. The van der Waals surface area contributed by atoms with Crippen molar-refractivity contribution in [2.45, 2.75) is 31.9 Å². The molecule has 1 unspecified atom stereocenters. The molecule has 1 N–H and O–H groups in total. The molecular formula is C26H24ClNO4. The number of rotatable bonds is 8. The SMILES string of the molecule is O=C(COC(=O)C(Nc1cc2c(cc1Cl)CCC2)c1ccccc1)OCc1ccccc1. The molecule has 3 aromatic rings. The van der Waals surface area contributed by atoms with E-state index in [2.05, 4.69) is 5.32 Å². The zero-order chi connectivity index (χ0) is 22.3. The lowest BCUT2D eigenvalue weighted by atomic mass is 10.1. The highest BCUT2D eigenvalue weighted by atomic mass is 35.5. The van der Waals surface area contributed by atoms with E-state index in [4.69, 9.17) is 21.1 Å². The van der Waals surface area contributed by atoms with Crippen molar-refractivity contribution in [3.63, 3.8) is 0 Å². The van der Waals surface area contributed by atoms with Gasteiger partial charge in [0.15, 0.2) is 12.6 Å². The van der Waals surface area contributed by atoms with Crippen LogP contribution >= 0.6 is 11.6 Å². The Kier molecular flexibility index (Phi) is 7.07. The predicted octanol–water partition coefficient (Wildman–Crippen LogP) is 5.27. The summed E-state index contributed by atoms with van der Waals surface area (Å²) in [5.74, 6) is -1.19. The highest BCUT2D eigenvalue weighted by Crippen LogP contribution is 2.33. The smallest absolute Gasteiger partial charge is 0.344 e. The zero-order valence-corrected chi connectivity index (χ0v) is 18.3. The lowest BCUT2D eigenvalue weighted by Gasteiger charge is -2.20. The number of carbonyl (C=O) groups is 2. The number of aryl methyl sites for hydroxylation is 2. The number of ether oxygens (including phenoxy) is 2. The molecule has 0 heterocycles. The van der Waals surface area contributed by atoms with Crippen molar-refractivity contribution in [3.8, 4) is 0 Å². The third-order valence-electron chi connectivity index (χ3n) is 5.42. The summed E-state index contributed by atoms with van der Waals surface area (Å²) < 4.78 is 10.5. The molecule has 0 aromatic heterocycles. The minimum atomic E-state index is -0.810. The van der Waals surface area contributed by atoms with Gasteiger partial charge in [-0.3, -0.25) is 0 Å². The van der Waals surface area contributed by atoms with E-state index in [0.29, 0.717) is 16.3 Å². The van der Waals surface area contributed by atoms with E-state index >= 15 is 0 Å². The minimum Gasteiger partial charge on any atom is -0.458 e. The second kappa shape index (κ2) is 10.3. The van der Waals surface area contributed by atoms with E-state index in [1.165, 1.54) is 11.1 Å². The number of hydrogen-bond acceptors (Lipinski definition) is 5. The van der Waals surface area contributed by atoms with Gasteiger partial charge in [-0.1, -0.05) is 72.3 Å². The molecule has 0 saturated heterocycles. The molecule has 3 aromatic carbocycles. The van der Waals surface area contributed by atoms with Crippen LogP contribution < -0.4 is 5.32 Å². The minimum absolute atomic E-state index is 0.127. The molecule has 1 aliphatic carbocycles. The van der Waals surface area contributed by atoms with Gasteiger partial charge in [0.1, 0.15) is 6.61 Å². The Morgan fingerprint density at radius 3 is 2.28 bits per heavy atom. The molecule has 6 heteroatoms. The van der Waals surface area contributed by atoms with Crippen molar-refractivity contribution < 1.29 is 19.1 Å². The molecule has 0 aliphatic heterocycles. The zero-order valence-electron chi connectivity index (χ0n) is 17.6. The molecule has 0 radical (unpaired) electrons. The summed E-state index contributed by atoms with van der Waals surface area (Å²) in [4.78, 5) is 25.0.